The van der Waals surface area contributed by atoms with E-state index in [2.05, 4.69) is 34.7 Å². The summed E-state index contributed by atoms with van der Waals surface area (Å²) in [7, 11) is 0. The Morgan fingerprint density at radius 3 is 2.68 bits per heavy atom. The number of carbonyl (C=O) groups excluding carboxylic acids is 1. The SMILES string of the molecule is C=C(Br)C[C@]1(COC(C)=O)CC=CC[C@H]1C(C)(C)O. The van der Waals surface area contributed by atoms with E-state index in [0.717, 1.165) is 17.3 Å². The van der Waals surface area contributed by atoms with Crippen LogP contribution in [0.5, 0.6) is 0 Å². The molecule has 1 rings (SSSR count). The largest absolute Gasteiger partial charge is 0.465 e. The van der Waals surface area contributed by atoms with E-state index < -0.39 is 5.60 Å². The second-order valence-corrected chi connectivity index (χ2v) is 7.08. The average Bonchev–Trinajstić information content (AvgIpc) is 2.24. The van der Waals surface area contributed by atoms with E-state index in [1.807, 2.05) is 13.8 Å². The quantitative estimate of drug-likeness (QED) is 0.619. The van der Waals surface area contributed by atoms with E-state index >= 15 is 0 Å². The van der Waals surface area contributed by atoms with E-state index in [9.17, 15) is 9.90 Å². The average molecular weight is 331 g/mol. The monoisotopic (exact) mass is 330 g/mol. The number of rotatable bonds is 5. The molecule has 4 heteroatoms. The maximum absolute atomic E-state index is 11.1. The molecule has 3 nitrogen and oxygen atoms in total. The zero-order valence-corrected chi connectivity index (χ0v) is 13.5. The van der Waals surface area contributed by atoms with Crippen molar-refractivity contribution in [1.82, 2.24) is 0 Å². The summed E-state index contributed by atoms with van der Waals surface area (Å²) in [6.07, 6.45) is 6.43. The summed E-state index contributed by atoms with van der Waals surface area (Å²) in [6.45, 7) is 9.26. The smallest absolute Gasteiger partial charge is 0.302 e. The minimum atomic E-state index is -0.826. The van der Waals surface area contributed by atoms with Crippen LogP contribution in [0, 0.1) is 11.3 Å². The van der Waals surface area contributed by atoms with Gasteiger partial charge in [-0.15, -0.1) is 0 Å². The molecule has 0 unspecified atom stereocenters. The Morgan fingerprint density at radius 2 is 2.21 bits per heavy atom. The molecule has 0 amide bonds. The first-order valence-corrected chi connectivity index (χ1v) is 7.31. The summed E-state index contributed by atoms with van der Waals surface area (Å²) in [5, 5.41) is 10.4. The fourth-order valence-corrected chi connectivity index (χ4v) is 3.57. The second-order valence-electron chi connectivity index (χ2n) is 5.95. The van der Waals surface area contributed by atoms with Gasteiger partial charge < -0.3 is 9.84 Å². The Bertz CT molecular complexity index is 381. The zero-order valence-electron chi connectivity index (χ0n) is 11.9. The number of carbonyl (C=O) groups is 1. The van der Waals surface area contributed by atoms with Crippen LogP contribution in [0.25, 0.3) is 0 Å². The van der Waals surface area contributed by atoms with Gasteiger partial charge in [-0.1, -0.05) is 34.7 Å². The molecule has 0 aromatic rings. The lowest BCUT2D eigenvalue weighted by molar-refractivity contribution is -0.150. The van der Waals surface area contributed by atoms with Gasteiger partial charge in [-0.05, 0) is 37.6 Å². The number of halogens is 1. The van der Waals surface area contributed by atoms with Gasteiger partial charge in [0.25, 0.3) is 0 Å². The van der Waals surface area contributed by atoms with Crippen LogP contribution in [0.15, 0.2) is 23.2 Å². The molecule has 0 radical (unpaired) electrons. The molecule has 0 saturated carbocycles. The van der Waals surface area contributed by atoms with Crippen LogP contribution in [-0.4, -0.2) is 23.3 Å². The third-order valence-electron chi connectivity index (χ3n) is 3.76. The van der Waals surface area contributed by atoms with Crippen LogP contribution in [0.1, 0.15) is 40.0 Å². The van der Waals surface area contributed by atoms with Crippen LogP contribution in [0.2, 0.25) is 0 Å². The topological polar surface area (TPSA) is 46.5 Å². The predicted molar refractivity (Wildman–Crippen MR) is 79.9 cm³/mol. The highest BCUT2D eigenvalue weighted by Gasteiger charge is 2.46. The number of aliphatic hydroxyl groups is 1. The van der Waals surface area contributed by atoms with Crippen molar-refractivity contribution in [3.05, 3.63) is 23.2 Å². The lowest BCUT2D eigenvalue weighted by atomic mass is 9.61. The normalized spacial score (nSPS) is 27.1. The van der Waals surface area contributed by atoms with E-state index in [1.165, 1.54) is 6.92 Å². The Labute approximate surface area is 123 Å². The fraction of sp³-hybridized carbons (Fsp3) is 0.667. The molecule has 0 fully saturated rings. The number of allylic oxidation sites excluding steroid dienone is 3. The zero-order chi connectivity index (χ0) is 14.7. The standard InChI is InChI=1S/C15H23BrO3/c1-11(16)9-15(10-19-12(2)17)8-6-5-7-13(15)14(3,4)18/h5-6,13,18H,1,7-10H2,2-4H3/t13-,15-/m0/s1. The highest BCUT2D eigenvalue weighted by atomic mass is 79.9. The minimum absolute atomic E-state index is 0.0265. The van der Waals surface area contributed by atoms with Crippen molar-refractivity contribution >= 4 is 21.9 Å². The van der Waals surface area contributed by atoms with Crippen molar-refractivity contribution in [3.63, 3.8) is 0 Å². The molecular weight excluding hydrogens is 308 g/mol. The molecule has 0 heterocycles. The van der Waals surface area contributed by atoms with Crippen molar-refractivity contribution in [3.8, 4) is 0 Å². The molecule has 19 heavy (non-hydrogen) atoms. The van der Waals surface area contributed by atoms with Crippen molar-refractivity contribution in [1.29, 1.82) is 0 Å². The molecule has 1 aliphatic rings. The van der Waals surface area contributed by atoms with Crippen LogP contribution in [-0.2, 0) is 9.53 Å². The van der Waals surface area contributed by atoms with Crippen molar-refractivity contribution in [2.24, 2.45) is 11.3 Å². The molecular formula is C15H23BrO3. The number of esters is 1. The summed E-state index contributed by atoms with van der Waals surface area (Å²) in [5.41, 5.74) is -1.12. The number of hydrogen-bond donors (Lipinski definition) is 1. The Morgan fingerprint density at radius 1 is 1.58 bits per heavy atom. The van der Waals surface area contributed by atoms with Gasteiger partial charge >= 0.3 is 5.97 Å². The molecule has 0 spiro atoms. The first-order chi connectivity index (χ1) is 8.67. The van der Waals surface area contributed by atoms with Crippen molar-refractivity contribution < 1.29 is 14.6 Å². The molecule has 2 atom stereocenters. The van der Waals surface area contributed by atoms with Gasteiger partial charge in [0.1, 0.15) is 0 Å². The summed E-state index contributed by atoms with van der Waals surface area (Å²) < 4.78 is 6.13. The van der Waals surface area contributed by atoms with Gasteiger partial charge in [0.15, 0.2) is 0 Å². The molecule has 0 aliphatic heterocycles. The van der Waals surface area contributed by atoms with E-state index in [4.69, 9.17) is 4.74 Å². The van der Waals surface area contributed by atoms with Gasteiger partial charge in [-0.25, -0.2) is 0 Å². The molecule has 0 aromatic carbocycles. The highest BCUT2D eigenvalue weighted by Crippen LogP contribution is 2.48. The number of hydrogen-bond acceptors (Lipinski definition) is 3. The Balaban J connectivity index is 3.06. The summed E-state index contributed by atoms with van der Waals surface area (Å²) in [4.78, 5) is 11.1. The third-order valence-corrected chi connectivity index (χ3v) is 4.04. The predicted octanol–water partition coefficient (Wildman–Crippen LogP) is 3.57. The van der Waals surface area contributed by atoms with Crippen LogP contribution in [0.4, 0.5) is 0 Å². The second kappa shape index (κ2) is 6.23. The lowest BCUT2D eigenvalue weighted by Gasteiger charge is -2.47. The van der Waals surface area contributed by atoms with Gasteiger partial charge in [0, 0.05) is 18.3 Å². The van der Waals surface area contributed by atoms with Gasteiger partial charge in [0.05, 0.1) is 12.2 Å². The number of ether oxygens (including phenoxy) is 1. The minimum Gasteiger partial charge on any atom is -0.465 e. The molecule has 1 N–H and O–H groups in total. The Hall–Kier alpha value is -0.610. The van der Waals surface area contributed by atoms with E-state index in [1.54, 1.807) is 0 Å². The Kier molecular flexibility index (Phi) is 5.39. The molecule has 108 valence electrons. The maximum Gasteiger partial charge on any atom is 0.302 e. The van der Waals surface area contributed by atoms with Crippen LogP contribution < -0.4 is 0 Å². The van der Waals surface area contributed by atoms with Crippen LogP contribution >= 0.6 is 15.9 Å². The molecule has 0 aromatic heterocycles. The fourth-order valence-electron chi connectivity index (χ4n) is 3.01. The van der Waals surface area contributed by atoms with Gasteiger partial charge in [-0.3, -0.25) is 4.79 Å². The first-order valence-electron chi connectivity index (χ1n) is 6.51. The summed E-state index contributed by atoms with van der Waals surface area (Å²) in [6, 6.07) is 0. The lowest BCUT2D eigenvalue weighted by Crippen LogP contribution is -2.48. The molecule has 1 aliphatic carbocycles. The van der Waals surface area contributed by atoms with Crippen molar-refractivity contribution in [2.45, 2.75) is 45.6 Å². The van der Waals surface area contributed by atoms with Gasteiger partial charge in [0.2, 0.25) is 0 Å². The summed E-state index contributed by atoms with van der Waals surface area (Å²) in [5.74, 6) is -0.262. The maximum atomic E-state index is 11.1. The first kappa shape index (κ1) is 16.4. The molecule has 0 saturated heterocycles. The van der Waals surface area contributed by atoms with Crippen molar-refractivity contribution in [2.75, 3.05) is 6.61 Å². The van der Waals surface area contributed by atoms with Gasteiger partial charge in [-0.2, -0.15) is 0 Å². The van der Waals surface area contributed by atoms with E-state index in [-0.39, 0.29) is 17.3 Å². The van der Waals surface area contributed by atoms with E-state index in [0.29, 0.717) is 13.0 Å². The molecule has 0 bridgehead atoms. The van der Waals surface area contributed by atoms with Crippen LogP contribution in [0.3, 0.4) is 0 Å². The summed E-state index contributed by atoms with van der Waals surface area (Å²) >= 11 is 3.41. The highest BCUT2D eigenvalue weighted by molar-refractivity contribution is 9.11. The third kappa shape index (κ3) is 4.46.